The molecule has 0 spiro atoms. The topological polar surface area (TPSA) is 233 Å². The zero-order valence-electron chi connectivity index (χ0n) is 34.7. The van der Waals surface area contributed by atoms with E-state index in [1.165, 1.54) is 7.05 Å². The van der Waals surface area contributed by atoms with E-state index in [4.69, 9.17) is 33.4 Å². The first-order chi connectivity index (χ1) is 29.6. The minimum atomic E-state index is -1.05. The summed E-state index contributed by atoms with van der Waals surface area (Å²) in [6.45, 7) is 3.61. The van der Waals surface area contributed by atoms with E-state index in [1.54, 1.807) is 59.6 Å². The summed E-state index contributed by atoms with van der Waals surface area (Å²) >= 11 is 13.9. The van der Waals surface area contributed by atoms with E-state index in [2.05, 4.69) is 41.0 Å². The molecule has 330 valence electrons. The second-order valence-corrected chi connectivity index (χ2v) is 16.1. The van der Waals surface area contributed by atoms with Crippen molar-refractivity contribution in [2.45, 2.75) is 70.5 Å². The van der Waals surface area contributed by atoms with Gasteiger partial charge < -0.3 is 40.6 Å². The summed E-state index contributed by atoms with van der Waals surface area (Å²) in [5.74, 6) is -3.17. The molecular weight excluding hydrogens is 843 g/mol. The molecule has 20 heteroatoms. The first-order valence-corrected chi connectivity index (χ1v) is 21.1. The Balaban J connectivity index is 1.07. The molecule has 18 nitrogen and oxygen atoms in total. The van der Waals surface area contributed by atoms with E-state index in [9.17, 15) is 28.8 Å². The minimum absolute atomic E-state index is 0.00981. The van der Waals surface area contributed by atoms with Crippen molar-refractivity contribution in [3.8, 4) is 11.1 Å². The molecule has 1 atom stereocenters. The van der Waals surface area contributed by atoms with E-state index in [0.717, 1.165) is 29.3 Å². The van der Waals surface area contributed by atoms with Gasteiger partial charge in [-0.25, -0.2) is 9.97 Å². The zero-order chi connectivity index (χ0) is 44.7. The van der Waals surface area contributed by atoms with Crippen molar-refractivity contribution in [1.29, 1.82) is 0 Å². The van der Waals surface area contributed by atoms with E-state index in [-0.39, 0.29) is 53.3 Å². The Morgan fingerprint density at radius 2 is 1.18 bits per heavy atom. The molecule has 6 rings (SSSR count). The first-order valence-electron chi connectivity index (χ1n) is 20.3. The van der Waals surface area contributed by atoms with Gasteiger partial charge in [0.05, 0.1) is 32.8 Å². The van der Waals surface area contributed by atoms with Gasteiger partial charge in [-0.3, -0.25) is 38.6 Å². The van der Waals surface area contributed by atoms with E-state index in [1.807, 2.05) is 0 Å². The Morgan fingerprint density at radius 1 is 0.710 bits per heavy atom. The van der Waals surface area contributed by atoms with Crippen molar-refractivity contribution in [1.82, 2.24) is 39.5 Å². The number of carbonyl (C=O) groups is 6. The number of fused-ring (bicyclic) bond motifs is 2. The molecule has 2 aromatic carbocycles. The number of likely N-dealkylation sites (N-methyl/N-ethyl adjacent to an activating group) is 1. The van der Waals surface area contributed by atoms with Gasteiger partial charge in [0.1, 0.15) is 6.04 Å². The standard InChI is InChI=1S/C42H50Cl2N10O8/c1-45-40(60)28(14-15-35(58)59)46-33(55)12-6-18-53-20-16-31-29(22-53)47-38(51(31)2)41(61)49-26-10-4-8-24(36(26)43)25-9-5-11-27(37(25)44)50-42(62)39-48-30-23-54(19-7-13-34(56)57)21-17-32(30)52(39)3/h4-5,8-11,28H,6-7,12-23H2,1-3H3,(H,45,60)(H,46,55)(H,49,61)(H,50,62)(H,56,57)(H,58,59)/t28-/m0/s1. The predicted molar refractivity (Wildman–Crippen MR) is 231 cm³/mol. The molecule has 0 saturated carbocycles. The number of carbonyl (C=O) groups excluding carboxylic acids is 4. The fourth-order valence-electron chi connectivity index (χ4n) is 7.88. The second-order valence-electron chi connectivity index (χ2n) is 15.3. The molecule has 0 bridgehead atoms. The average molecular weight is 894 g/mol. The normalized spacial score (nSPS) is 14.3. The molecule has 4 heterocycles. The van der Waals surface area contributed by atoms with Gasteiger partial charge in [0.15, 0.2) is 11.6 Å². The summed E-state index contributed by atoms with van der Waals surface area (Å²) in [4.78, 5) is 87.5. The Hall–Kier alpha value is -5.82. The number of benzene rings is 2. The third-order valence-corrected chi connectivity index (χ3v) is 12.0. The van der Waals surface area contributed by atoms with Gasteiger partial charge in [0, 0.05) is 102 Å². The lowest BCUT2D eigenvalue weighted by Gasteiger charge is -2.26. The molecule has 0 radical (unpaired) electrons. The molecule has 62 heavy (non-hydrogen) atoms. The first kappa shape index (κ1) is 45.7. The lowest BCUT2D eigenvalue weighted by atomic mass is 10.0. The summed E-state index contributed by atoms with van der Waals surface area (Å²) in [6.07, 6.45) is 2.33. The SMILES string of the molecule is CNC(=O)[C@H](CCC(=O)O)NC(=O)CCCN1CCc2c(nc(C(=O)Nc3cccc(-c4cccc(NC(=O)c5nc6c(n5C)CCN(CCCC(=O)O)C6)c4Cl)c3Cl)n2C)C1. The summed E-state index contributed by atoms with van der Waals surface area (Å²) in [6, 6.07) is 9.41. The van der Waals surface area contributed by atoms with Crippen molar-refractivity contribution < 1.29 is 39.0 Å². The number of imidazole rings is 2. The Bertz CT molecular complexity index is 2380. The minimum Gasteiger partial charge on any atom is -0.481 e. The highest BCUT2D eigenvalue weighted by Crippen LogP contribution is 2.40. The van der Waals surface area contributed by atoms with Gasteiger partial charge in [-0.2, -0.15) is 0 Å². The van der Waals surface area contributed by atoms with Gasteiger partial charge in [0.2, 0.25) is 11.8 Å². The van der Waals surface area contributed by atoms with Crippen LogP contribution in [0.5, 0.6) is 0 Å². The van der Waals surface area contributed by atoms with Gasteiger partial charge in [-0.1, -0.05) is 47.5 Å². The van der Waals surface area contributed by atoms with E-state index in [0.29, 0.717) is 80.9 Å². The molecule has 0 aliphatic carbocycles. The summed E-state index contributed by atoms with van der Waals surface area (Å²) in [7, 11) is 5.01. The monoisotopic (exact) mass is 892 g/mol. The number of nitrogens with zero attached hydrogens (tertiary/aromatic N) is 6. The Kier molecular flexibility index (Phi) is 15.0. The second kappa shape index (κ2) is 20.4. The van der Waals surface area contributed by atoms with Crippen LogP contribution in [0.4, 0.5) is 11.4 Å². The van der Waals surface area contributed by atoms with E-state index < -0.39 is 35.7 Å². The number of aromatic nitrogens is 4. The van der Waals surface area contributed by atoms with Crippen molar-refractivity contribution in [2.75, 3.05) is 43.9 Å². The maximum atomic E-state index is 13.7. The Labute approximate surface area is 368 Å². The number of amides is 4. The molecule has 0 fully saturated rings. The highest BCUT2D eigenvalue weighted by Gasteiger charge is 2.28. The van der Waals surface area contributed by atoms with Crippen LogP contribution in [0.3, 0.4) is 0 Å². The third-order valence-electron chi connectivity index (χ3n) is 11.1. The average Bonchev–Trinajstić information content (AvgIpc) is 3.75. The van der Waals surface area contributed by atoms with Crippen LogP contribution in [0.1, 0.15) is 82.5 Å². The van der Waals surface area contributed by atoms with Crippen LogP contribution in [-0.4, -0.2) is 114 Å². The summed E-state index contributed by atoms with van der Waals surface area (Å²) in [5.41, 5.74) is 5.11. The fraction of sp³-hybridized carbons (Fsp3) is 0.429. The van der Waals surface area contributed by atoms with Gasteiger partial charge >= 0.3 is 11.9 Å². The number of rotatable bonds is 18. The lowest BCUT2D eigenvalue weighted by molar-refractivity contribution is -0.138. The summed E-state index contributed by atoms with van der Waals surface area (Å²) < 4.78 is 3.54. The Morgan fingerprint density at radius 3 is 1.63 bits per heavy atom. The third kappa shape index (κ3) is 10.8. The fourth-order valence-corrected chi connectivity index (χ4v) is 8.43. The number of carboxylic acid groups (broad SMARTS) is 2. The molecule has 4 amide bonds. The van der Waals surface area contributed by atoms with Crippen LogP contribution < -0.4 is 21.3 Å². The van der Waals surface area contributed by atoms with E-state index >= 15 is 0 Å². The van der Waals surface area contributed by atoms with Crippen LogP contribution in [0, 0.1) is 0 Å². The highest BCUT2D eigenvalue weighted by atomic mass is 35.5. The highest BCUT2D eigenvalue weighted by molar-refractivity contribution is 6.40. The molecule has 6 N–H and O–H groups in total. The van der Waals surface area contributed by atoms with Gasteiger partial charge in [-0.15, -0.1) is 0 Å². The van der Waals surface area contributed by atoms with Gasteiger partial charge in [0.25, 0.3) is 11.8 Å². The van der Waals surface area contributed by atoms with Crippen molar-refractivity contribution in [3.63, 3.8) is 0 Å². The molecule has 0 unspecified atom stereocenters. The lowest BCUT2D eigenvalue weighted by Crippen LogP contribution is -2.46. The number of anilines is 2. The number of halogens is 2. The number of hydrogen-bond acceptors (Lipinski definition) is 10. The number of nitrogens with one attached hydrogen (secondary N) is 4. The number of aliphatic carboxylic acids is 2. The maximum absolute atomic E-state index is 13.7. The molecule has 2 aromatic heterocycles. The molecule has 0 saturated heterocycles. The number of hydrogen-bond donors (Lipinski definition) is 6. The number of carboxylic acids is 2. The molecule has 2 aliphatic heterocycles. The van der Waals surface area contributed by atoms with Crippen LogP contribution >= 0.6 is 23.2 Å². The van der Waals surface area contributed by atoms with Crippen molar-refractivity contribution in [3.05, 3.63) is 80.9 Å². The largest absolute Gasteiger partial charge is 0.481 e. The summed E-state index contributed by atoms with van der Waals surface area (Å²) in [5, 5.41) is 29.3. The van der Waals surface area contributed by atoms with Crippen molar-refractivity contribution in [2.24, 2.45) is 14.1 Å². The zero-order valence-corrected chi connectivity index (χ0v) is 36.2. The molecule has 4 aromatic rings. The van der Waals surface area contributed by atoms with Gasteiger partial charge in [-0.05, 0) is 44.5 Å². The maximum Gasteiger partial charge on any atom is 0.303 e. The smallest absolute Gasteiger partial charge is 0.303 e. The molecular formula is C42H50Cl2N10O8. The van der Waals surface area contributed by atoms with Crippen LogP contribution in [0.2, 0.25) is 10.0 Å². The van der Waals surface area contributed by atoms with Crippen molar-refractivity contribution >= 4 is 70.1 Å². The van der Waals surface area contributed by atoms with Crippen LogP contribution in [0.25, 0.3) is 11.1 Å². The van der Waals surface area contributed by atoms with Crippen LogP contribution in [-0.2, 0) is 59.2 Å². The van der Waals surface area contributed by atoms with Crippen LogP contribution in [0.15, 0.2) is 36.4 Å². The molecule has 2 aliphatic rings. The predicted octanol–water partition coefficient (Wildman–Crippen LogP) is 4.09. The quantitative estimate of drug-likeness (QED) is 0.0830.